The Morgan fingerprint density at radius 1 is 1.00 bits per heavy atom. The van der Waals surface area contributed by atoms with Gasteiger partial charge in [0.05, 0.1) is 11.1 Å². The Bertz CT molecular complexity index is 601. The number of halogens is 1. The molecule has 0 aromatic heterocycles. The quantitative estimate of drug-likeness (QED) is 0.648. The van der Waals surface area contributed by atoms with Crippen LogP contribution in [0, 0.1) is 0 Å². The van der Waals surface area contributed by atoms with Crippen molar-refractivity contribution in [2.75, 3.05) is 5.32 Å². The Morgan fingerprint density at radius 3 is 2.37 bits per heavy atom. The van der Waals surface area contributed by atoms with Gasteiger partial charge >= 0.3 is 0 Å². The molecule has 0 bridgehead atoms. The Hall–Kier alpha value is -2.07. The van der Waals surface area contributed by atoms with E-state index in [4.69, 9.17) is 11.6 Å². The van der Waals surface area contributed by atoms with Crippen LogP contribution in [0.3, 0.4) is 0 Å². The van der Waals surface area contributed by atoms with E-state index in [1.807, 2.05) is 6.92 Å². The lowest BCUT2D eigenvalue weighted by Gasteiger charge is -2.17. The van der Waals surface area contributed by atoms with E-state index >= 15 is 0 Å². The summed E-state index contributed by atoms with van der Waals surface area (Å²) in [7, 11) is 0. The first-order chi connectivity index (χ1) is 8.97. The molecule has 4 N–H and O–H groups in total. The lowest BCUT2D eigenvalue weighted by Crippen LogP contribution is -2.06. The van der Waals surface area contributed by atoms with Gasteiger partial charge in [0, 0.05) is 11.3 Å². The van der Waals surface area contributed by atoms with Crippen molar-refractivity contribution in [1.82, 2.24) is 0 Å². The molecule has 0 saturated heterocycles. The van der Waals surface area contributed by atoms with Crippen LogP contribution in [0.15, 0.2) is 36.4 Å². The molecule has 2 aromatic rings. The summed E-state index contributed by atoms with van der Waals surface area (Å²) in [5, 5.41) is 31.9. The lowest BCUT2D eigenvalue weighted by molar-refractivity contribution is 0.451. The smallest absolute Gasteiger partial charge is 0.134 e. The number of hydrogen-bond donors (Lipinski definition) is 4. The zero-order chi connectivity index (χ0) is 14.0. The van der Waals surface area contributed by atoms with Gasteiger partial charge in [-0.1, -0.05) is 11.6 Å². The van der Waals surface area contributed by atoms with Gasteiger partial charge in [-0.2, -0.15) is 0 Å². The minimum atomic E-state index is -0.229. The molecule has 1 atom stereocenters. The molecule has 100 valence electrons. The van der Waals surface area contributed by atoms with Crippen LogP contribution in [0.4, 0.5) is 5.69 Å². The predicted molar refractivity (Wildman–Crippen MR) is 74.9 cm³/mol. The predicted octanol–water partition coefficient (Wildman–Crippen LogP) is 3.63. The van der Waals surface area contributed by atoms with E-state index in [2.05, 4.69) is 5.32 Å². The van der Waals surface area contributed by atoms with Gasteiger partial charge in [-0.25, -0.2) is 0 Å². The van der Waals surface area contributed by atoms with Crippen molar-refractivity contribution in [2.45, 2.75) is 13.0 Å². The molecule has 19 heavy (non-hydrogen) atoms. The highest BCUT2D eigenvalue weighted by molar-refractivity contribution is 6.32. The van der Waals surface area contributed by atoms with Gasteiger partial charge in [0.15, 0.2) is 0 Å². The summed E-state index contributed by atoms with van der Waals surface area (Å²) < 4.78 is 0. The van der Waals surface area contributed by atoms with Crippen LogP contribution in [0.2, 0.25) is 5.02 Å². The maximum atomic E-state index is 9.76. The SMILES string of the molecule is CC(Nc1ccc(O)c(Cl)c1)c1cc(O)ccc1O. The molecule has 0 saturated carbocycles. The van der Waals surface area contributed by atoms with Gasteiger partial charge in [-0.05, 0) is 43.3 Å². The van der Waals surface area contributed by atoms with Crippen LogP contribution in [0.5, 0.6) is 17.2 Å². The summed E-state index contributed by atoms with van der Waals surface area (Å²) >= 11 is 5.82. The highest BCUT2D eigenvalue weighted by Crippen LogP contribution is 2.32. The molecular formula is C14H14ClNO3. The fourth-order valence-corrected chi connectivity index (χ4v) is 1.99. The Labute approximate surface area is 115 Å². The number of hydrogen-bond acceptors (Lipinski definition) is 4. The lowest BCUT2D eigenvalue weighted by atomic mass is 10.1. The number of nitrogens with one attached hydrogen (secondary N) is 1. The Kier molecular flexibility index (Phi) is 3.71. The fraction of sp³-hybridized carbons (Fsp3) is 0.143. The van der Waals surface area contributed by atoms with Crippen molar-refractivity contribution in [3.63, 3.8) is 0 Å². The molecule has 0 radical (unpaired) electrons. The summed E-state index contributed by atoms with van der Waals surface area (Å²) in [4.78, 5) is 0. The number of anilines is 1. The monoisotopic (exact) mass is 279 g/mol. The minimum Gasteiger partial charge on any atom is -0.508 e. The number of benzene rings is 2. The fourth-order valence-electron chi connectivity index (χ4n) is 1.81. The summed E-state index contributed by atoms with van der Waals surface area (Å²) in [5.74, 6) is 0.202. The summed E-state index contributed by atoms with van der Waals surface area (Å²) in [6.07, 6.45) is 0. The average Bonchev–Trinajstić information content (AvgIpc) is 2.36. The maximum Gasteiger partial charge on any atom is 0.134 e. The number of aromatic hydroxyl groups is 3. The molecule has 5 heteroatoms. The topological polar surface area (TPSA) is 72.7 Å². The van der Waals surface area contributed by atoms with E-state index in [0.29, 0.717) is 11.3 Å². The van der Waals surface area contributed by atoms with Crippen LogP contribution in [-0.2, 0) is 0 Å². The molecule has 0 amide bonds. The number of phenols is 3. The Morgan fingerprint density at radius 2 is 1.68 bits per heavy atom. The highest BCUT2D eigenvalue weighted by Gasteiger charge is 2.11. The van der Waals surface area contributed by atoms with Crippen molar-refractivity contribution < 1.29 is 15.3 Å². The van der Waals surface area contributed by atoms with Gasteiger partial charge in [-0.3, -0.25) is 0 Å². The molecule has 0 aliphatic carbocycles. The van der Waals surface area contributed by atoms with Crippen LogP contribution < -0.4 is 5.32 Å². The molecule has 0 heterocycles. The molecule has 0 aliphatic rings. The van der Waals surface area contributed by atoms with E-state index in [9.17, 15) is 15.3 Å². The zero-order valence-corrected chi connectivity index (χ0v) is 11.0. The van der Waals surface area contributed by atoms with Crippen molar-refractivity contribution in [3.8, 4) is 17.2 Å². The summed E-state index contributed by atoms with van der Waals surface area (Å²) in [6.45, 7) is 1.84. The normalized spacial score (nSPS) is 12.1. The van der Waals surface area contributed by atoms with E-state index in [1.54, 1.807) is 12.1 Å². The molecule has 0 aliphatic heterocycles. The largest absolute Gasteiger partial charge is 0.508 e. The molecular weight excluding hydrogens is 266 g/mol. The van der Waals surface area contributed by atoms with Gasteiger partial charge in [0.2, 0.25) is 0 Å². The standard InChI is InChI=1S/C14H14ClNO3/c1-8(11-7-10(17)3-5-13(11)18)16-9-2-4-14(19)12(15)6-9/h2-8,16-19H,1H3. The van der Waals surface area contributed by atoms with E-state index in [1.165, 1.54) is 24.3 Å². The van der Waals surface area contributed by atoms with Crippen molar-refractivity contribution in [2.24, 2.45) is 0 Å². The second kappa shape index (κ2) is 5.28. The third kappa shape index (κ3) is 3.03. The number of phenolic OH excluding ortho intramolecular Hbond substituents is 3. The first kappa shape index (κ1) is 13.4. The van der Waals surface area contributed by atoms with Gasteiger partial charge in [-0.15, -0.1) is 0 Å². The van der Waals surface area contributed by atoms with E-state index in [0.717, 1.165) is 0 Å². The van der Waals surface area contributed by atoms with E-state index < -0.39 is 0 Å². The molecule has 4 nitrogen and oxygen atoms in total. The summed E-state index contributed by atoms with van der Waals surface area (Å²) in [5.41, 5.74) is 1.28. The van der Waals surface area contributed by atoms with Crippen molar-refractivity contribution >= 4 is 17.3 Å². The first-order valence-electron chi connectivity index (χ1n) is 5.74. The summed E-state index contributed by atoms with van der Waals surface area (Å²) in [6, 6.07) is 8.88. The third-order valence-corrected chi connectivity index (χ3v) is 3.11. The molecule has 2 rings (SSSR count). The van der Waals surface area contributed by atoms with Crippen LogP contribution >= 0.6 is 11.6 Å². The van der Waals surface area contributed by atoms with Gasteiger partial charge < -0.3 is 20.6 Å². The molecule has 1 unspecified atom stereocenters. The minimum absolute atomic E-state index is 0.0140. The van der Waals surface area contributed by atoms with Gasteiger partial charge in [0.1, 0.15) is 17.2 Å². The molecule has 0 spiro atoms. The molecule has 2 aromatic carbocycles. The van der Waals surface area contributed by atoms with Crippen LogP contribution in [0.1, 0.15) is 18.5 Å². The third-order valence-electron chi connectivity index (χ3n) is 2.81. The average molecular weight is 280 g/mol. The maximum absolute atomic E-state index is 9.76. The van der Waals surface area contributed by atoms with Crippen LogP contribution in [-0.4, -0.2) is 15.3 Å². The first-order valence-corrected chi connectivity index (χ1v) is 6.12. The highest BCUT2D eigenvalue weighted by atomic mass is 35.5. The second-order valence-electron chi connectivity index (χ2n) is 4.28. The van der Waals surface area contributed by atoms with Crippen molar-refractivity contribution in [1.29, 1.82) is 0 Å². The molecule has 0 fully saturated rings. The second-order valence-corrected chi connectivity index (χ2v) is 4.68. The Balaban J connectivity index is 2.22. The van der Waals surface area contributed by atoms with Gasteiger partial charge in [0.25, 0.3) is 0 Å². The van der Waals surface area contributed by atoms with E-state index in [-0.39, 0.29) is 28.3 Å². The van der Waals surface area contributed by atoms with Crippen molar-refractivity contribution in [3.05, 3.63) is 47.0 Å². The number of rotatable bonds is 3. The van der Waals surface area contributed by atoms with Crippen LogP contribution in [0.25, 0.3) is 0 Å². The zero-order valence-electron chi connectivity index (χ0n) is 10.3.